The molecule has 1 atom stereocenters. The lowest BCUT2D eigenvalue weighted by molar-refractivity contribution is 0.125. The number of aromatic nitrogens is 2. The molecule has 0 aliphatic rings. The second kappa shape index (κ2) is 8.97. The molecule has 35 heavy (non-hydrogen) atoms. The Morgan fingerprint density at radius 2 is 1.63 bits per heavy atom. The van der Waals surface area contributed by atoms with Gasteiger partial charge in [0.15, 0.2) is 0 Å². The minimum atomic E-state index is -1.50. The van der Waals surface area contributed by atoms with Gasteiger partial charge in [-0.25, -0.2) is 0 Å². The Labute approximate surface area is 213 Å². The zero-order valence-corrected chi connectivity index (χ0v) is 20.7. The highest BCUT2D eigenvalue weighted by Crippen LogP contribution is 2.40. The molecule has 2 heterocycles. The normalized spacial score (nSPS) is 13.1. The summed E-state index contributed by atoms with van der Waals surface area (Å²) >= 11 is 12.4. The first-order valence-electron chi connectivity index (χ1n) is 11.1. The van der Waals surface area contributed by atoms with E-state index < -0.39 is 5.60 Å². The van der Waals surface area contributed by atoms with Gasteiger partial charge in [0.25, 0.3) is 5.56 Å². The Kier molecular flexibility index (Phi) is 5.97. The van der Waals surface area contributed by atoms with Gasteiger partial charge in [0.05, 0.1) is 5.52 Å². The average molecular weight is 501 g/mol. The zero-order chi connectivity index (χ0) is 24.7. The molecule has 0 saturated carbocycles. The van der Waals surface area contributed by atoms with Crippen LogP contribution >= 0.6 is 23.2 Å². The summed E-state index contributed by atoms with van der Waals surface area (Å²) in [6, 6.07) is 23.7. The maximum Gasteiger partial charge on any atom is 0.251 e. The van der Waals surface area contributed by atoms with Gasteiger partial charge in [-0.15, -0.1) is 0 Å². The predicted molar refractivity (Wildman–Crippen MR) is 142 cm³/mol. The van der Waals surface area contributed by atoms with Crippen LogP contribution in [0.25, 0.3) is 22.0 Å². The Bertz CT molecular complexity index is 1630. The van der Waals surface area contributed by atoms with E-state index >= 15 is 0 Å². The number of hydrogen-bond donors (Lipinski definition) is 1. The maximum absolute atomic E-state index is 12.8. The average Bonchev–Trinajstić information content (AvgIpc) is 2.86. The molecule has 174 valence electrons. The van der Waals surface area contributed by atoms with Gasteiger partial charge in [-0.2, -0.15) is 0 Å². The molecule has 2 aromatic heterocycles. The summed E-state index contributed by atoms with van der Waals surface area (Å²) in [5.41, 5.74) is 3.55. The fourth-order valence-electron chi connectivity index (χ4n) is 4.59. The largest absolute Gasteiger partial charge is 0.376 e. The number of aryl methyl sites for hydroxylation is 2. The van der Waals surface area contributed by atoms with E-state index in [9.17, 15) is 9.90 Å². The van der Waals surface area contributed by atoms with E-state index in [4.69, 9.17) is 23.2 Å². The third kappa shape index (κ3) is 4.04. The van der Waals surface area contributed by atoms with Crippen molar-refractivity contribution in [2.75, 3.05) is 0 Å². The number of fused-ring (bicyclic) bond motifs is 1. The van der Waals surface area contributed by atoms with Crippen LogP contribution in [0.2, 0.25) is 10.0 Å². The van der Waals surface area contributed by atoms with Crippen LogP contribution in [0.4, 0.5) is 0 Å². The first-order valence-corrected chi connectivity index (χ1v) is 11.8. The van der Waals surface area contributed by atoms with Gasteiger partial charge in [0.2, 0.25) is 0 Å². The van der Waals surface area contributed by atoms with Gasteiger partial charge >= 0.3 is 0 Å². The molecule has 5 aromatic rings. The lowest BCUT2D eigenvalue weighted by Crippen LogP contribution is -2.30. The Morgan fingerprint density at radius 3 is 2.34 bits per heavy atom. The van der Waals surface area contributed by atoms with Crippen molar-refractivity contribution in [3.63, 3.8) is 0 Å². The summed E-state index contributed by atoms with van der Waals surface area (Å²) in [6.07, 6.45) is 3.39. The highest BCUT2D eigenvalue weighted by atomic mass is 35.5. The third-order valence-corrected chi connectivity index (χ3v) is 6.98. The second-order valence-corrected chi connectivity index (χ2v) is 9.48. The fourth-order valence-corrected chi connectivity index (χ4v) is 4.91. The molecule has 6 heteroatoms. The molecule has 5 rings (SSSR count). The van der Waals surface area contributed by atoms with E-state index in [2.05, 4.69) is 4.98 Å². The summed E-state index contributed by atoms with van der Waals surface area (Å²) in [6.45, 7) is 1.94. The molecule has 3 aromatic carbocycles. The van der Waals surface area contributed by atoms with E-state index in [0.29, 0.717) is 26.7 Å². The molecule has 4 nitrogen and oxygen atoms in total. The van der Waals surface area contributed by atoms with Gasteiger partial charge in [0.1, 0.15) is 5.60 Å². The van der Waals surface area contributed by atoms with Crippen LogP contribution in [-0.4, -0.2) is 14.7 Å². The van der Waals surface area contributed by atoms with E-state index in [1.54, 1.807) is 48.3 Å². The lowest BCUT2D eigenvalue weighted by atomic mass is 9.78. The van der Waals surface area contributed by atoms with E-state index in [0.717, 1.165) is 27.6 Å². The van der Waals surface area contributed by atoms with Gasteiger partial charge in [0, 0.05) is 46.5 Å². The fraction of sp³-hybridized carbons (Fsp3) is 0.103. The van der Waals surface area contributed by atoms with Crippen LogP contribution < -0.4 is 5.56 Å². The summed E-state index contributed by atoms with van der Waals surface area (Å²) in [5.74, 6) is 0. The highest BCUT2D eigenvalue weighted by Gasteiger charge is 2.36. The van der Waals surface area contributed by atoms with Crippen molar-refractivity contribution < 1.29 is 5.11 Å². The molecule has 0 amide bonds. The molecular formula is C29H22Cl2N2O2. The first-order chi connectivity index (χ1) is 16.8. The molecule has 0 radical (unpaired) electrons. The highest BCUT2D eigenvalue weighted by molar-refractivity contribution is 6.31. The van der Waals surface area contributed by atoms with Crippen molar-refractivity contribution >= 4 is 34.1 Å². The molecule has 0 fully saturated rings. The number of aliphatic hydroxyl groups is 1. The quantitative estimate of drug-likeness (QED) is 0.306. The standard InChI is InChI=1S/C29H22Cl2N2O2/c1-18-12-13-32-17-26(18)29(35,20-6-9-22(30)10-7-20)21-8-11-27-25(15-21)24(16-28(34)33(27)2)19-4-3-5-23(31)14-19/h3-17,35H,1-2H3. The van der Waals surface area contributed by atoms with E-state index in [-0.39, 0.29) is 5.56 Å². The first kappa shape index (κ1) is 23.3. The number of halogens is 2. The summed E-state index contributed by atoms with van der Waals surface area (Å²) < 4.78 is 1.60. The van der Waals surface area contributed by atoms with Crippen molar-refractivity contribution in [2.24, 2.45) is 7.05 Å². The van der Waals surface area contributed by atoms with Crippen LogP contribution in [0.5, 0.6) is 0 Å². The molecule has 0 bridgehead atoms. The zero-order valence-electron chi connectivity index (χ0n) is 19.2. The van der Waals surface area contributed by atoms with Crippen molar-refractivity contribution in [3.8, 4) is 11.1 Å². The van der Waals surface area contributed by atoms with Crippen LogP contribution in [-0.2, 0) is 12.6 Å². The molecule has 0 aliphatic carbocycles. The van der Waals surface area contributed by atoms with E-state index in [1.807, 2.05) is 61.5 Å². The number of nitrogens with zero attached hydrogens (tertiary/aromatic N) is 2. The number of pyridine rings is 2. The maximum atomic E-state index is 12.8. The Morgan fingerprint density at radius 1 is 0.886 bits per heavy atom. The molecule has 1 unspecified atom stereocenters. The number of rotatable bonds is 4. The van der Waals surface area contributed by atoms with Gasteiger partial charge in [-0.05, 0) is 77.2 Å². The number of hydrogen-bond acceptors (Lipinski definition) is 3. The van der Waals surface area contributed by atoms with Crippen molar-refractivity contribution in [3.05, 3.63) is 134 Å². The van der Waals surface area contributed by atoms with Crippen LogP contribution in [0.3, 0.4) is 0 Å². The van der Waals surface area contributed by atoms with E-state index in [1.165, 1.54) is 0 Å². The number of benzene rings is 3. The Balaban J connectivity index is 1.85. The van der Waals surface area contributed by atoms with Gasteiger partial charge in [-0.1, -0.05) is 53.5 Å². The third-order valence-electron chi connectivity index (χ3n) is 6.49. The summed E-state index contributed by atoms with van der Waals surface area (Å²) in [7, 11) is 1.74. The van der Waals surface area contributed by atoms with Gasteiger partial charge in [-0.3, -0.25) is 9.78 Å². The topological polar surface area (TPSA) is 55.1 Å². The summed E-state index contributed by atoms with van der Waals surface area (Å²) in [5, 5.41) is 14.4. The van der Waals surface area contributed by atoms with Crippen LogP contribution in [0, 0.1) is 6.92 Å². The monoisotopic (exact) mass is 500 g/mol. The predicted octanol–water partition coefficient (Wildman–Crippen LogP) is 6.50. The molecule has 0 saturated heterocycles. The van der Waals surface area contributed by atoms with Gasteiger partial charge < -0.3 is 9.67 Å². The second-order valence-electron chi connectivity index (χ2n) is 8.61. The summed E-state index contributed by atoms with van der Waals surface area (Å²) in [4.78, 5) is 17.1. The molecule has 0 aliphatic heterocycles. The minimum Gasteiger partial charge on any atom is -0.376 e. The molecule has 0 spiro atoms. The molecular weight excluding hydrogens is 479 g/mol. The van der Waals surface area contributed by atoms with Crippen LogP contribution in [0.1, 0.15) is 22.3 Å². The smallest absolute Gasteiger partial charge is 0.251 e. The SMILES string of the molecule is Cc1ccncc1C(O)(c1ccc(Cl)cc1)c1ccc2c(c1)c(-c1cccc(Cl)c1)cc(=O)n2C. The Hall–Kier alpha value is -3.44. The lowest BCUT2D eigenvalue weighted by Gasteiger charge is -2.31. The van der Waals surface area contributed by atoms with Crippen molar-refractivity contribution in [1.29, 1.82) is 0 Å². The minimum absolute atomic E-state index is 0.128. The van der Waals surface area contributed by atoms with Crippen molar-refractivity contribution in [1.82, 2.24) is 9.55 Å². The van der Waals surface area contributed by atoms with Crippen LogP contribution in [0.15, 0.2) is 96.1 Å². The molecule has 1 N–H and O–H groups in total. The van der Waals surface area contributed by atoms with Crippen molar-refractivity contribution in [2.45, 2.75) is 12.5 Å².